The molecule has 4 fully saturated rings. The second kappa shape index (κ2) is 14.2. The summed E-state index contributed by atoms with van der Waals surface area (Å²) in [6, 6.07) is 33.6. The summed E-state index contributed by atoms with van der Waals surface area (Å²) in [4.78, 5) is 0. The van der Waals surface area contributed by atoms with Gasteiger partial charge in [0.1, 0.15) is 86.0 Å². The minimum absolute atomic E-state index is 0.0298. The van der Waals surface area contributed by atoms with Crippen LogP contribution in [0.1, 0.15) is 56.4 Å². The summed E-state index contributed by atoms with van der Waals surface area (Å²) in [5.74, 6) is 3.42. The molecule has 8 heteroatoms. The SMILES string of the molecule is CCC(C)(c1ccc(OCC2CO2)cc1)c1ccc(OCC2OC2C2OC2COc2ccc(C(C)(C)c3ccc(OCC4CO4)cc3)cc2)cc1. The maximum Gasteiger partial charge on any atom is 0.121 e. The number of epoxide rings is 4. The molecule has 8 rings (SSSR count). The zero-order valence-electron chi connectivity index (χ0n) is 29.9. The number of hydrogen-bond donors (Lipinski definition) is 0. The maximum atomic E-state index is 6.13. The lowest BCUT2D eigenvalue weighted by atomic mass is 9.74. The molecular formula is C43H48O8. The summed E-state index contributed by atoms with van der Waals surface area (Å²) in [5.41, 5.74) is 4.68. The van der Waals surface area contributed by atoms with E-state index in [9.17, 15) is 0 Å². The van der Waals surface area contributed by atoms with Crippen LogP contribution >= 0.6 is 0 Å². The molecule has 4 aromatic carbocycles. The van der Waals surface area contributed by atoms with Crippen molar-refractivity contribution in [3.63, 3.8) is 0 Å². The second-order valence-corrected chi connectivity index (χ2v) is 14.8. The fourth-order valence-corrected chi connectivity index (χ4v) is 6.74. The van der Waals surface area contributed by atoms with Gasteiger partial charge < -0.3 is 37.9 Å². The molecule has 4 saturated heterocycles. The Labute approximate surface area is 300 Å². The van der Waals surface area contributed by atoms with Crippen LogP contribution in [0, 0.1) is 0 Å². The first-order chi connectivity index (χ1) is 24.8. The van der Waals surface area contributed by atoms with E-state index < -0.39 is 0 Å². The summed E-state index contributed by atoms with van der Waals surface area (Å²) in [6.07, 6.45) is 1.63. The Hall–Kier alpha value is -4.08. The predicted octanol–water partition coefficient (Wildman–Crippen LogP) is 7.28. The van der Waals surface area contributed by atoms with Gasteiger partial charge in [0.25, 0.3) is 0 Å². The van der Waals surface area contributed by atoms with E-state index in [1.54, 1.807) is 0 Å². The van der Waals surface area contributed by atoms with E-state index in [1.165, 1.54) is 22.3 Å². The summed E-state index contributed by atoms with van der Waals surface area (Å²) >= 11 is 0. The molecule has 7 unspecified atom stereocenters. The highest BCUT2D eigenvalue weighted by molar-refractivity contribution is 5.43. The van der Waals surface area contributed by atoms with E-state index in [-0.39, 0.29) is 47.5 Å². The minimum Gasteiger partial charge on any atom is -0.491 e. The normalized spacial score (nSPS) is 25.7. The van der Waals surface area contributed by atoms with Crippen LogP contribution in [0.5, 0.6) is 23.0 Å². The van der Waals surface area contributed by atoms with Crippen molar-refractivity contribution < 1.29 is 37.9 Å². The number of hydrogen-bond acceptors (Lipinski definition) is 8. The Bertz CT molecular complexity index is 1750. The van der Waals surface area contributed by atoms with Gasteiger partial charge in [0, 0.05) is 10.8 Å². The van der Waals surface area contributed by atoms with E-state index in [2.05, 4.69) is 100 Å². The molecule has 7 atom stereocenters. The highest BCUT2D eigenvalue weighted by Gasteiger charge is 2.58. The van der Waals surface area contributed by atoms with Crippen molar-refractivity contribution in [3.8, 4) is 23.0 Å². The third kappa shape index (κ3) is 8.05. The van der Waals surface area contributed by atoms with Crippen LogP contribution in [-0.4, -0.2) is 76.3 Å². The van der Waals surface area contributed by atoms with Gasteiger partial charge in [-0.25, -0.2) is 0 Å². The Balaban J connectivity index is 0.765. The van der Waals surface area contributed by atoms with Gasteiger partial charge in [-0.05, 0) is 77.2 Å². The van der Waals surface area contributed by atoms with Crippen LogP contribution in [0.4, 0.5) is 0 Å². The van der Waals surface area contributed by atoms with Gasteiger partial charge in [0.2, 0.25) is 0 Å². The van der Waals surface area contributed by atoms with Crippen LogP contribution in [-0.2, 0) is 29.8 Å². The van der Waals surface area contributed by atoms with Crippen LogP contribution in [0.2, 0.25) is 0 Å². The van der Waals surface area contributed by atoms with Gasteiger partial charge >= 0.3 is 0 Å². The van der Waals surface area contributed by atoms with Crippen molar-refractivity contribution in [1.29, 1.82) is 0 Å². The largest absolute Gasteiger partial charge is 0.491 e. The predicted molar refractivity (Wildman–Crippen MR) is 193 cm³/mol. The Morgan fingerprint density at radius 2 is 0.804 bits per heavy atom. The molecule has 0 amide bonds. The molecule has 0 spiro atoms. The van der Waals surface area contributed by atoms with E-state index in [0.29, 0.717) is 26.4 Å². The molecule has 51 heavy (non-hydrogen) atoms. The Morgan fingerprint density at radius 3 is 1.12 bits per heavy atom. The third-order valence-electron chi connectivity index (χ3n) is 10.9. The topological polar surface area (TPSA) is 87.0 Å². The van der Waals surface area contributed by atoms with Crippen LogP contribution in [0.3, 0.4) is 0 Å². The number of ether oxygens (including phenoxy) is 8. The lowest BCUT2D eigenvalue weighted by Gasteiger charge is -2.30. The molecule has 4 heterocycles. The lowest BCUT2D eigenvalue weighted by Crippen LogP contribution is -2.22. The van der Waals surface area contributed by atoms with Crippen molar-refractivity contribution in [3.05, 3.63) is 119 Å². The molecule has 0 N–H and O–H groups in total. The standard InChI is InChI=1S/C43H48O8/c1-5-43(4,30-10-18-33(19-11-30)45-23-37-25-47-37)31-12-20-35(21-13-31)49-27-39-41(51-39)40-38(50-40)26-48-34-16-8-29(9-17-34)42(2,3)28-6-14-32(15-7-28)44-22-36-24-46-36/h6-21,36-41H,5,22-27H2,1-4H3. The van der Waals surface area contributed by atoms with Crippen LogP contribution in [0.25, 0.3) is 0 Å². The molecule has 268 valence electrons. The lowest BCUT2D eigenvalue weighted by molar-refractivity contribution is 0.250. The second-order valence-electron chi connectivity index (χ2n) is 14.8. The van der Waals surface area contributed by atoms with E-state index >= 15 is 0 Å². The van der Waals surface area contributed by atoms with Crippen LogP contribution < -0.4 is 18.9 Å². The van der Waals surface area contributed by atoms with E-state index in [1.807, 2.05) is 24.3 Å². The summed E-state index contributed by atoms with van der Waals surface area (Å²) in [5, 5.41) is 0. The first-order valence-electron chi connectivity index (χ1n) is 18.3. The smallest absolute Gasteiger partial charge is 0.121 e. The summed E-state index contributed by atoms with van der Waals surface area (Å²) in [7, 11) is 0. The van der Waals surface area contributed by atoms with Gasteiger partial charge in [0.05, 0.1) is 13.2 Å². The third-order valence-corrected chi connectivity index (χ3v) is 10.9. The molecule has 4 aliphatic heterocycles. The molecule has 0 aliphatic carbocycles. The molecule has 4 aliphatic rings. The molecule has 0 aromatic heterocycles. The zero-order valence-corrected chi connectivity index (χ0v) is 29.9. The van der Waals surface area contributed by atoms with E-state index in [4.69, 9.17) is 37.9 Å². The highest BCUT2D eigenvalue weighted by Crippen LogP contribution is 2.40. The van der Waals surface area contributed by atoms with Crippen molar-refractivity contribution in [2.75, 3.05) is 39.6 Å². The Kier molecular flexibility index (Phi) is 9.44. The van der Waals surface area contributed by atoms with Crippen molar-refractivity contribution >= 4 is 0 Å². The Morgan fingerprint density at radius 1 is 0.490 bits per heavy atom. The summed E-state index contributed by atoms with van der Waals surface area (Å²) < 4.78 is 46.2. The minimum atomic E-state index is -0.159. The van der Waals surface area contributed by atoms with Crippen molar-refractivity contribution in [2.24, 2.45) is 0 Å². The highest BCUT2D eigenvalue weighted by atomic mass is 16.7. The zero-order chi connectivity index (χ0) is 35.0. The van der Waals surface area contributed by atoms with E-state index in [0.717, 1.165) is 42.6 Å². The number of rotatable bonds is 18. The summed E-state index contributed by atoms with van der Waals surface area (Å²) in [6.45, 7) is 12.8. The monoisotopic (exact) mass is 692 g/mol. The molecule has 0 radical (unpaired) electrons. The van der Waals surface area contributed by atoms with Crippen LogP contribution in [0.15, 0.2) is 97.1 Å². The quantitative estimate of drug-likeness (QED) is 0.101. The van der Waals surface area contributed by atoms with Gasteiger partial charge in [0.15, 0.2) is 0 Å². The first-order valence-corrected chi connectivity index (χ1v) is 18.3. The van der Waals surface area contributed by atoms with Gasteiger partial charge in [-0.3, -0.25) is 0 Å². The van der Waals surface area contributed by atoms with Crippen molar-refractivity contribution in [1.82, 2.24) is 0 Å². The van der Waals surface area contributed by atoms with Gasteiger partial charge in [-0.15, -0.1) is 0 Å². The fourth-order valence-electron chi connectivity index (χ4n) is 6.74. The molecule has 4 aromatic rings. The maximum absolute atomic E-state index is 6.13. The molecular weight excluding hydrogens is 644 g/mol. The molecule has 0 saturated carbocycles. The fraction of sp³-hybridized carbons (Fsp3) is 0.442. The van der Waals surface area contributed by atoms with Gasteiger partial charge in [-0.2, -0.15) is 0 Å². The number of benzene rings is 4. The van der Waals surface area contributed by atoms with Gasteiger partial charge in [-0.1, -0.05) is 76.2 Å². The molecule has 0 bridgehead atoms. The first kappa shape index (κ1) is 34.0. The molecule has 8 nitrogen and oxygen atoms in total. The average molecular weight is 693 g/mol. The average Bonchev–Trinajstić information content (AvgIpc) is 3.95. The van der Waals surface area contributed by atoms with Crippen molar-refractivity contribution in [2.45, 2.75) is 81.6 Å².